The standard InChI is InChI=1S/C20H25FN4O3/c1-23(13-18-6-3-11-28-18)15-20(27)25-9-7-24(8-10-25)14-19(26)22-17-5-2-4-16(21)12-17/h2-6,11-12H,7-10,13-15H2,1H3,(H,22,26)/p+2. The normalized spacial score (nSPS) is 16.0. The molecule has 2 aromatic rings. The van der Waals surface area contributed by atoms with Gasteiger partial charge in [-0.25, -0.2) is 4.39 Å². The highest BCUT2D eigenvalue weighted by atomic mass is 19.1. The van der Waals surface area contributed by atoms with Crippen LogP contribution in [-0.4, -0.2) is 63.0 Å². The minimum absolute atomic E-state index is 0.118. The summed E-state index contributed by atoms with van der Waals surface area (Å²) in [5.41, 5.74) is 0.459. The number of carbonyl (C=O) groups excluding carboxylic acids is 2. The summed E-state index contributed by atoms with van der Waals surface area (Å²) >= 11 is 0. The molecule has 0 saturated carbocycles. The molecule has 1 aliphatic rings. The molecule has 1 saturated heterocycles. The van der Waals surface area contributed by atoms with Crippen molar-refractivity contribution in [2.45, 2.75) is 6.54 Å². The Bertz CT molecular complexity index is 789. The van der Waals surface area contributed by atoms with Crippen molar-refractivity contribution in [3.05, 3.63) is 54.2 Å². The maximum absolute atomic E-state index is 13.2. The Kier molecular flexibility index (Phi) is 6.78. The zero-order valence-electron chi connectivity index (χ0n) is 16.0. The molecule has 2 heterocycles. The summed E-state index contributed by atoms with van der Waals surface area (Å²) in [4.78, 5) is 28.7. The lowest BCUT2D eigenvalue weighted by molar-refractivity contribution is -0.896. The van der Waals surface area contributed by atoms with Gasteiger partial charge in [-0.1, -0.05) is 6.07 Å². The molecule has 150 valence electrons. The van der Waals surface area contributed by atoms with Crippen LogP contribution >= 0.6 is 0 Å². The fraction of sp³-hybridized carbons (Fsp3) is 0.400. The number of halogens is 1. The molecular formula is C20H27FN4O3+2. The molecule has 8 heteroatoms. The second-order valence-electron chi connectivity index (χ2n) is 7.26. The minimum Gasteiger partial charge on any atom is -0.463 e. The van der Waals surface area contributed by atoms with E-state index in [1.54, 1.807) is 18.4 Å². The van der Waals surface area contributed by atoms with E-state index in [0.29, 0.717) is 38.4 Å². The van der Waals surface area contributed by atoms with Gasteiger partial charge in [0.05, 0.1) is 39.5 Å². The average molecular weight is 390 g/mol. The first-order valence-corrected chi connectivity index (χ1v) is 9.50. The number of rotatable bonds is 7. The molecule has 2 amide bonds. The number of benzene rings is 1. The van der Waals surface area contributed by atoms with E-state index < -0.39 is 0 Å². The van der Waals surface area contributed by atoms with E-state index in [9.17, 15) is 14.0 Å². The highest BCUT2D eigenvalue weighted by molar-refractivity contribution is 5.91. The third kappa shape index (κ3) is 5.90. The van der Waals surface area contributed by atoms with Crippen molar-refractivity contribution in [1.82, 2.24) is 4.90 Å². The number of piperazine rings is 1. The Morgan fingerprint density at radius 1 is 1.25 bits per heavy atom. The maximum atomic E-state index is 13.2. The molecule has 1 fully saturated rings. The van der Waals surface area contributed by atoms with Crippen LogP contribution in [0.1, 0.15) is 5.76 Å². The van der Waals surface area contributed by atoms with Gasteiger partial charge in [-0.3, -0.25) is 9.59 Å². The molecule has 3 N–H and O–H groups in total. The van der Waals surface area contributed by atoms with E-state index in [-0.39, 0.29) is 17.6 Å². The molecule has 7 nitrogen and oxygen atoms in total. The monoisotopic (exact) mass is 390 g/mol. The minimum atomic E-state index is -0.378. The van der Waals surface area contributed by atoms with Crippen molar-refractivity contribution in [3.63, 3.8) is 0 Å². The Morgan fingerprint density at radius 2 is 2.04 bits per heavy atom. The number of quaternary nitrogens is 2. The summed E-state index contributed by atoms with van der Waals surface area (Å²) in [6.07, 6.45) is 1.64. The molecule has 1 aromatic heterocycles. The van der Waals surface area contributed by atoms with Crippen LogP contribution in [0.5, 0.6) is 0 Å². The van der Waals surface area contributed by atoms with E-state index in [0.717, 1.165) is 28.6 Å². The molecule has 28 heavy (non-hydrogen) atoms. The van der Waals surface area contributed by atoms with Gasteiger partial charge in [-0.05, 0) is 30.3 Å². The number of nitrogens with one attached hydrogen (secondary N) is 3. The Hall–Kier alpha value is -2.71. The van der Waals surface area contributed by atoms with Crippen LogP contribution in [0.3, 0.4) is 0 Å². The molecule has 0 radical (unpaired) electrons. The van der Waals surface area contributed by atoms with Crippen molar-refractivity contribution in [3.8, 4) is 0 Å². The highest BCUT2D eigenvalue weighted by Crippen LogP contribution is 2.08. The van der Waals surface area contributed by atoms with Gasteiger partial charge in [0.2, 0.25) is 0 Å². The van der Waals surface area contributed by atoms with Crippen molar-refractivity contribution in [1.29, 1.82) is 0 Å². The van der Waals surface area contributed by atoms with E-state index in [4.69, 9.17) is 4.42 Å². The van der Waals surface area contributed by atoms with Gasteiger partial charge >= 0.3 is 0 Å². The van der Waals surface area contributed by atoms with E-state index >= 15 is 0 Å². The zero-order valence-corrected chi connectivity index (χ0v) is 16.0. The van der Waals surface area contributed by atoms with Crippen LogP contribution in [0.15, 0.2) is 47.1 Å². The fourth-order valence-electron chi connectivity index (χ4n) is 3.39. The lowest BCUT2D eigenvalue weighted by Gasteiger charge is -2.32. The van der Waals surface area contributed by atoms with E-state index in [2.05, 4.69) is 5.32 Å². The lowest BCUT2D eigenvalue weighted by atomic mass is 10.2. The number of anilines is 1. The Labute approximate surface area is 163 Å². The Balaban J connectivity index is 1.38. The topological polar surface area (TPSA) is 71.4 Å². The molecule has 0 bridgehead atoms. The summed E-state index contributed by atoms with van der Waals surface area (Å²) in [6, 6.07) is 9.61. The molecule has 1 unspecified atom stereocenters. The maximum Gasteiger partial charge on any atom is 0.279 e. The van der Waals surface area contributed by atoms with Gasteiger partial charge in [0, 0.05) is 5.69 Å². The van der Waals surface area contributed by atoms with Gasteiger partial charge < -0.3 is 24.4 Å². The largest absolute Gasteiger partial charge is 0.463 e. The first kappa shape index (κ1) is 20.0. The average Bonchev–Trinajstić information content (AvgIpc) is 3.15. The second kappa shape index (κ2) is 9.48. The van der Waals surface area contributed by atoms with Gasteiger partial charge in [0.15, 0.2) is 18.8 Å². The Morgan fingerprint density at radius 3 is 2.71 bits per heavy atom. The number of furan rings is 1. The quantitative estimate of drug-likeness (QED) is 0.556. The summed E-state index contributed by atoms with van der Waals surface area (Å²) in [5.74, 6) is 0.454. The smallest absolute Gasteiger partial charge is 0.279 e. The summed E-state index contributed by atoms with van der Waals surface area (Å²) in [5, 5.41) is 2.72. The number of hydrogen-bond donors (Lipinski definition) is 3. The van der Waals surface area contributed by atoms with Crippen LogP contribution in [-0.2, 0) is 16.1 Å². The summed E-state index contributed by atoms with van der Waals surface area (Å²) in [7, 11) is 1.97. The number of amides is 2. The van der Waals surface area contributed by atoms with Crippen LogP contribution in [0.2, 0.25) is 0 Å². The van der Waals surface area contributed by atoms with Crippen molar-refractivity contribution < 1.29 is 28.2 Å². The van der Waals surface area contributed by atoms with Crippen molar-refractivity contribution >= 4 is 17.5 Å². The SMILES string of the molecule is C[NH+](CC(=O)N1CC[NH+](CC(=O)Nc2cccc(F)c2)CC1)Cc1ccco1. The molecule has 1 atom stereocenters. The predicted octanol–water partition coefficient (Wildman–Crippen LogP) is -1.20. The predicted molar refractivity (Wildman–Crippen MR) is 101 cm³/mol. The van der Waals surface area contributed by atoms with Crippen LogP contribution in [0.4, 0.5) is 10.1 Å². The highest BCUT2D eigenvalue weighted by Gasteiger charge is 2.27. The van der Waals surface area contributed by atoms with Crippen LogP contribution < -0.4 is 15.1 Å². The van der Waals surface area contributed by atoms with E-state index in [1.165, 1.54) is 12.1 Å². The first-order valence-electron chi connectivity index (χ1n) is 9.50. The summed E-state index contributed by atoms with van der Waals surface area (Å²) < 4.78 is 18.5. The molecule has 0 spiro atoms. The number of hydrogen-bond acceptors (Lipinski definition) is 3. The molecule has 1 aliphatic heterocycles. The van der Waals surface area contributed by atoms with Crippen molar-refractivity contribution in [2.24, 2.45) is 0 Å². The first-order chi connectivity index (χ1) is 13.5. The van der Waals surface area contributed by atoms with Crippen LogP contribution in [0.25, 0.3) is 0 Å². The van der Waals surface area contributed by atoms with Gasteiger partial charge in [0.25, 0.3) is 11.8 Å². The fourth-order valence-corrected chi connectivity index (χ4v) is 3.39. The third-order valence-electron chi connectivity index (χ3n) is 4.85. The number of carbonyl (C=O) groups is 2. The number of nitrogens with zero attached hydrogens (tertiary/aromatic N) is 1. The molecule has 1 aromatic carbocycles. The lowest BCUT2D eigenvalue weighted by Crippen LogP contribution is -3.16. The van der Waals surface area contributed by atoms with Gasteiger partial charge in [0.1, 0.15) is 12.4 Å². The van der Waals surface area contributed by atoms with Crippen molar-refractivity contribution in [2.75, 3.05) is 51.6 Å². The summed E-state index contributed by atoms with van der Waals surface area (Å²) in [6.45, 7) is 4.10. The second-order valence-corrected chi connectivity index (χ2v) is 7.26. The van der Waals surface area contributed by atoms with Gasteiger partial charge in [-0.15, -0.1) is 0 Å². The van der Waals surface area contributed by atoms with Gasteiger partial charge in [-0.2, -0.15) is 0 Å². The van der Waals surface area contributed by atoms with E-state index in [1.807, 2.05) is 24.1 Å². The molecule has 0 aliphatic carbocycles. The molecule has 3 rings (SSSR count). The number of likely N-dealkylation sites (N-methyl/N-ethyl adjacent to an activating group) is 1. The molecular weight excluding hydrogens is 363 g/mol. The third-order valence-corrected chi connectivity index (χ3v) is 4.85. The zero-order chi connectivity index (χ0) is 19.9. The van der Waals surface area contributed by atoms with Crippen LogP contribution in [0, 0.1) is 5.82 Å².